The SMILES string of the molecule is CC1C(NC(=O)c2cc3c(NC(=O)C(F)(F)F)csc3cn2)C2CCN1CC2. The van der Waals surface area contributed by atoms with Crippen LogP contribution in [0.15, 0.2) is 17.6 Å². The van der Waals surface area contributed by atoms with Crippen molar-refractivity contribution in [2.45, 2.75) is 38.0 Å². The molecule has 2 bridgehead atoms. The van der Waals surface area contributed by atoms with Gasteiger partial charge in [-0.05, 0) is 44.8 Å². The zero-order valence-electron chi connectivity index (χ0n) is 15.0. The van der Waals surface area contributed by atoms with Crippen molar-refractivity contribution in [3.8, 4) is 0 Å². The van der Waals surface area contributed by atoms with Gasteiger partial charge in [-0.25, -0.2) is 4.98 Å². The molecule has 10 heteroatoms. The Morgan fingerprint density at radius 3 is 2.64 bits per heavy atom. The minimum atomic E-state index is -4.98. The van der Waals surface area contributed by atoms with Crippen LogP contribution in [0.4, 0.5) is 18.9 Å². The van der Waals surface area contributed by atoms with Crippen LogP contribution in [0.2, 0.25) is 0 Å². The third-order valence-corrected chi connectivity index (χ3v) is 6.61. The molecule has 2 atom stereocenters. The molecule has 2 aromatic heterocycles. The average Bonchev–Trinajstić information content (AvgIpc) is 3.06. The van der Waals surface area contributed by atoms with E-state index in [1.807, 2.05) is 5.32 Å². The highest BCUT2D eigenvalue weighted by atomic mass is 32.1. The summed E-state index contributed by atoms with van der Waals surface area (Å²) in [5.41, 5.74) is 0.145. The van der Waals surface area contributed by atoms with E-state index in [4.69, 9.17) is 0 Å². The summed E-state index contributed by atoms with van der Waals surface area (Å²) in [6, 6.07) is 1.70. The van der Waals surface area contributed by atoms with Gasteiger partial charge in [-0.15, -0.1) is 11.3 Å². The molecule has 28 heavy (non-hydrogen) atoms. The van der Waals surface area contributed by atoms with Gasteiger partial charge in [-0.2, -0.15) is 13.2 Å². The molecule has 2 unspecified atom stereocenters. The number of carbonyl (C=O) groups is 2. The number of amides is 2. The van der Waals surface area contributed by atoms with Crippen LogP contribution in [0.1, 0.15) is 30.3 Å². The van der Waals surface area contributed by atoms with E-state index in [9.17, 15) is 22.8 Å². The summed E-state index contributed by atoms with van der Waals surface area (Å²) in [7, 11) is 0. The molecule has 3 saturated heterocycles. The molecule has 150 valence electrons. The van der Waals surface area contributed by atoms with E-state index in [1.165, 1.54) is 17.6 Å². The fraction of sp³-hybridized carbons (Fsp3) is 0.500. The number of fused-ring (bicyclic) bond motifs is 4. The Kier molecular flexibility index (Phi) is 4.78. The maximum Gasteiger partial charge on any atom is 0.471 e. The van der Waals surface area contributed by atoms with Crippen molar-refractivity contribution in [2.75, 3.05) is 18.4 Å². The van der Waals surface area contributed by atoms with Gasteiger partial charge in [-0.3, -0.25) is 14.5 Å². The number of thiophene rings is 1. The van der Waals surface area contributed by atoms with Crippen LogP contribution in [0.3, 0.4) is 0 Å². The summed E-state index contributed by atoms with van der Waals surface area (Å²) < 4.78 is 38.2. The Labute approximate surface area is 163 Å². The number of anilines is 1. The van der Waals surface area contributed by atoms with Crippen molar-refractivity contribution < 1.29 is 22.8 Å². The molecule has 2 amide bonds. The second kappa shape index (κ2) is 7.00. The molecule has 3 aliphatic rings. The van der Waals surface area contributed by atoms with Crippen LogP contribution in [-0.2, 0) is 4.79 Å². The number of alkyl halides is 3. The Bertz CT molecular complexity index is 919. The standard InChI is InChI=1S/C18H19F3N4O2S/c1-9-15(10-2-4-25(9)5-3-10)24-16(26)12-6-11-13(8-28-14(11)7-22-12)23-17(27)18(19,20)21/h6-10,15H,2-5H2,1H3,(H,23,27)(H,24,26). The van der Waals surface area contributed by atoms with Crippen LogP contribution >= 0.6 is 11.3 Å². The minimum absolute atomic E-state index is 0.0231. The second-order valence-corrected chi connectivity index (χ2v) is 8.19. The number of carbonyl (C=O) groups excluding carboxylic acids is 2. The number of piperidine rings is 3. The molecule has 6 nitrogen and oxygen atoms in total. The highest BCUT2D eigenvalue weighted by molar-refractivity contribution is 7.17. The van der Waals surface area contributed by atoms with E-state index >= 15 is 0 Å². The van der Waals surface area contributed by atoms with Gasteiger partial charge in [0.1, 0.15) is 5.69 Å². The largest absolute Gasteiger partial charge is 0.471 e. The van der Waals surface area contributed by atoms with Crippen molar-refractivity contribution in [3.63, 3.8) is 0 Å². The minimum Gasteiger partial charge on any atom is -0.346 e. The number of hydrogen-bond donors (Lipinski definition) is 2. The summed E-state index contributed by atoms with van der Waals surface area (Å²) in [6.45, 7) is 4.18. The molecule has 2 N–H and O–H groups in total. The van der Waals surface area contributed by atoms with Crippen molar-refractivity contribution in [2.24, 2.45) is 5.92 Å². The zero-order valence-corrected chi connectivity index (χ0v) is 15.9. The Balaban J connectivity index is 1.55. The van der Waals surface area contributed by atoms with Gasteiger partial charge in [0.25, 0.3) is 5.91 Å². The molecule has 2 aromatic rings. The fourth-order valence-corrected chi connectivity index (χ4v) is 4.96. The molecule has 0 radical (unpaired) electrons. The molecule has 3 fully saturated rings. The number of nitrogens with zero attached hydrogens (tertiary/aromatic N) is 2. The monoisotopic (exact) mass is 412 g/mol. The molecular formula is C18H19F3N4O2S. The van der Waals surface area contributed by atoms with Gasteiger partial charge >= 0.3 is 12.1 Å². The van der Waals surface area contributed by atoms with E-state index in [-0.39, 0.29) is 29.4 Å². The number of pyridine rings is 1. The number of halogens is 3. The number of rotatable bonds is 3. The smallest absolute Gasteiger partial charge is 0.346 e. The van der Waals surface area contributed by atoms with Crippen LogP contribution in [0.25, 0.3) is 10.1 Å². The third-order valence-electron chi connectivity index (χ3n) is 5.68. The first kappa shape index (κ1) is 19.1. The van der Waals surface area contributed by atoms with Crippen LogP contribution in [0, 0.1) is 5.92 Å². The van der Waals surface area contributed by atoms with Gasteiger partial charge in [0.2, 0.25) is 0 Å². The van der Waals surface area contributed by atoms with Crippen molar-refractivity contribution in [1.82, 2.24) is 15.2 Å². The van der Waals surface area contributed by atoms with Crippen LogP contribution in [0.5, 0.6) is 0 Å². The maximum atomic E-state index is 12.7. The first-order valence-electron chi connectivity index (χ1n) is 9.04. The van der Waals surface area contributed by atoms with Gasteiger partial charge < -0.3 is 10.6 Å². The highest BCUT2D eigenvalue weighted by Crippen LogP contribution is 2.33. The zero-order chi connectivity index (χ0) is 20.1. The molecule has 0 aromatic carbocycles. The molecular weight excluding hydrogens is 393 g/mol. The lowest BCUT2D eigenvalue weighted by molar-refractivity contribution is -0.167. The molecule has 0 aliphatic carbocycles. The summed E-state index contributed by atoms with van der Waals surface area (Å²) in [4.78, 5) is 30.5. The number of nitrogens with one attached hydrogen (secondary N) is 2. The molecule has 0 spiro atoms. The third kappa shape index (κ3) is 3.46. The Hall–Kier alpha value is -2.20. The van der Waals surface area contributed by atoms with E-state index in [2.05, 4.69) is 22.1 Å². The van der Waals surface area contributed by atoms with Gasteiger partial charge in [0, 0.05) is 29.0 Å². The normalized spacial score (nSPS) is 27.0. The van der Waals surface area contributed by atoms with E-state index in [1.54, 1.807) is 0 Å². The second-order valence-electron chi connectivity index (χ2n) is 7.28. The van der Waals surface area contributed by atoms with E-state index in [0.717, 1.165) is 37.3 Å². The van der Waals surface area contributed by atoms with E-state index < -0.39 is 12.1 Å². The van der Waals surface area contributed by atoms with Gasteiger partial charge in [0.05, 0.1) is 10.4 Å². The first-order chi connectivity index (χ1) is 13.2. The highest BCUT2D eigenvalue weighted by Gasteiger charge is 2.41. The van der Waals surface area contributed by atoms with Gasteiger partial charge in [0.15, 0.2) is 0 Å². The molecule has 5 rings (SSSR count). The molecule has 0 saturated carbocycles. The Morgan fingerprint density at radius 2 is 2.00 bits per heavy atom. The predicted molar refractivity (Wildman–Crippen MR) is 99.3 cm³/mol. The van der Waals surface area contributed by atoms with E-state index in [0.29, 0.717) is 16.0 Å². The number of hydrogen-bond acceptors (Lipinski definition) is 5. The first-order valence-corrected chi connectivity index (χ1v) is 9.92. The topological polar surface area (TPSA) is 74.3 Å². The summed E-state index contributed by atoms with van der Waals surface area (Å²) in [6.07, 6.45) is -1.45. The maximum absolute atomic E-state index is 12.7. The lowest BCUT2D eigenvalue weighted by Gasteiger charge is -2.49. The lowest BCUT2D eigenvalue weighted by atomic mass is 9.79. The predicted octanol–water partition coefficient (Wildman–Crippen LogP) is 3.01. The summed E-state index contributed by atoms with van der Waals surface area (Å²) >= 11 is 1.15. The summed E-state index contributed by atoms with van der Waals surface area (Å²) in [5.74, 6) is -1.97. The quantitative estimate of drug-likeness (QED) is 0.813. The molecule has 3 aliphatic heterocycles. The lowest BCUT2D eigenvalue weighted by Crippen LogP contribution is -2.62. The van der Waals surface area contributed by atoms with Crippen molar-refractivity contribution in [1.29, 1.82) is 0 Å². The van der Waals surface area contributed by atoms with Crippen LogP contribution < -0.4 is 10.6 Å². The van der Waals surface area contributed by atoms with Crippen LogP contribution in [-0.4, -0.2) is 53.0 Å². The average molecular weight is 412 g/mol. The van der Waals surface area contributed by atoms with Gasteiger partial charge in [-0.1, -0.05) is 0 Å². The van der Waals surface area contributed by atoms with Crippen molar-refractivity contribution in [3.05, 3.63) is 23.3 Å². The van der Waals surface area contributed by atoms with Crippen molar-refractivity contribution >= 4 is 38.9 Å². The molecule has 5 heterocycles. The number of aromatic nitrogens is 1. The summed E-state index contributed by atoms with van der Waals surface area (Å²) in [5, 5.41) is 6.69. The fourth-order valence-electron chi connectivity index (χ4n) is 4.12. The Morgan fingerprint density at radius 1 is 1.29 bits per heavy atom.